The fourth-order valence-corrected chi connectivity index (χ4v) is 3.53. The molecule has 3 heteroatoms. The molecule has 1 unspecified atom stereocenters. The Kier molecular flexibility index (Phi) is 4.73. The Hall–Kier alpha value is -2.29. The van der Waals surface area contributed by atoms with Gasteiger partial charge < -0.3 is 4.74 Å². The second kappa shape index (κ2) is 7.30. The lowest BCUT2D eigenvalue weighted by Crippen LogP contribution is -2.52. The molecule has 1 saturated heterocycles. The smallest absolute Gasteiger partial charge is 0.154 e. The van der Waals surface area contributed by atoms with E-state index in [2.05, 4.69) is 65.6 Å². The third-order valence-corrected chi connectivity index (χ3v) is 4.87. The Morgan fingerprint density at radius 3 is 2.00 bits per heavy atom. The van der Waals surface area contributed by atoms with Crippen molar-refractivity contribution < 1.29 is 4.74 Å². The van der Waals surface area contributed by atoms with Crippen LogP contribution in [0.1, 0.15) is 23.6 Å². The normalized spacial score (nSPS) is 17.3. The third kappa shape index (κ3) is 3.55. The van der Waals surface area contributed by atoms with Crippen molar-refractivity contribution in [3.05, 3.63) is 101 Å². The summed E-state index contributed by atoms with van der Waals surface area (Å²) in [5, 5.41) is 0.700. The zero-order valence-electron chi connectivity index (χ0n) is 13.9. The SMILES string of the molecule is Clc1cccc(OC2CCN2C(c2ccccc2)c2ccccc2)c1. The third-order valence-electron chi connectivity index (χ3n) is 4.63. The second-order valence-electron chi connectivity index (χ2n) is 6.28. The number of benzene rings is 3. The Bertz CT molecular complexity index is 782. The highest BCUT2D eigenvalue weighted by atomic mass is 35.5. The van der Waals surface area contributed by atoms with Gasteiger partial charge in [0.25, 0.3) is 0 Å². The molecule has 0 aromatic heterocycles. The summed E-state index contributed by atoms with van der Waals surface area (Å²) in [6.45, 7) is 1.01. The first-order valence-corrected chi connectivity index (χ1v) is 8.97. The Balaban J connectivity index is 1.61. The van der Waals surface area contributed by atoms with Crippen LogP contribution in [0.3, 0.4) is 0 Å². The number of nitrogens with zero attached hydrogens (tertiary/aromatic N) is 1. The molecule has 1 aliphatic heterocycles. The standard InChI is InChI=1S/C22H20ClNO/c23-19-12-7-13-20(16-19)25-21-14-15-24(21)22(17-8-3-1-4-9-17)18-10-5-2-6-11-18/h1-13,16,21-22H,14-15H2. The largest absolute Gasteiger partial charge is 0.475 e. The van der Waals surface area contributed by atoms with E-state index in [1.807, 2.05) is 24.3 Å². The molecular weight excluding hydrogens is 330 g/mol. The van der Waals surface area contributed by atoms with E-state index in [4.69, 9.17) is 16.3 Å². The molecule has 25 heavy (non-hydrogen) atoms. The maximum absolute atomic E-state index is 6.21. The van der Waals surface area contributed by atoms with Gasteiger partial charge >= 0.3 is 0 Å². The fourth-order valence-electron chi connectivity index (χ4n) is 3.35. The van der Waals surface area contributed by atoms with Gasteiger partial charge in [0.05, 0.1) is 6.04 Å². The van der Waals surface area contributed by atoms with Crippen molar-refractivity contribution in [2.75, 3.05) is 6.54 Å². The van der Waals surface area contributed by atoms with Gasteiger partial charge in [-0.2, -0.15) is 0 Å². The van der Waals surface area contributed by atoms with Gasteiger partial charge in [-0.05, 0) is 29.3 Å². The molecule has 0 radical (unpaired) electrons. The average Bonchev–Trinajstić information content (AvgIpc) is 2.65. The van der Waals surface area contributed by atoms with Crippen molar-refractivity contribution in [2.24, 2.45) is 0 Å². The topological polar surface area (TPSA) is 12.5 Å². The maximum Gasteiger partial charge on any atom is 0.154 e. The van der Waals surface area contributed by atoms with Crippen molar-refractivity contribution in [2.45, 2.75) is 18.7 Å². The molecule has 3 aromatic rings. The highest BCUT2D eigenvalue weighted by Crippen LogP contribution is 2.36. The predicted molar refractivity (Wildman–Crippen MR) is 102 cm³/mol. The lowest BCUT2D eigenvalue weighted by Gasteiger charge is -2.45. The maximum atomic E-state index is 6.21. The van der Waals surface area contributed by atoms with Crippen LogP contribution < -0.4 is 4.74 Å². The molecule has 0 aliphatic carbocycles. The van der Waals surface area contributed by atoms with E-state index in [9.17, 15) is 0 Å². The molecule has 4 rings (SSSR count). The molecule has 0 bridgehead atoms. The van der Waals surface area contributed by atoms with E-state index in [0.717, 1.165) is 18.7 Å². The fraction of sp³-hybridized carbons (Fsp3) is 0.182. The first-order valence-electron chi connectivity index (χ1n) is 8.59. The summed E-state index contributed by atoms with van der Waals surface area (Å²) in [6.07, 6.45) is 1.08. The van der Waals surface area contributed by atoms with Crippen LogP contribution in [0.15, 0.2) is 84.9 Å². The average molecular weight is 350 g/mol. The Labute approximate surface area is 153 Å². The molecule has 2 nitrogen and oxygen atoms in total. The van der Waals surface area contributed by atoms with Crippen LogP contribution in [0.2, 0.25) is 5.02 Å². The second-order valence-corrected chi connectivity index (χ2v) is 6.72. The molecule has 1 fully saturated rings. The number of rotatable bonds is 5. The van der Waals surface area contributed by atoms with Crippen LogP contribution in [0.5, 0.6) is 5.75 Å². The molecule has 0 N–H and O–H groups in total. The molecule has 3 aromatic carbocycles. The molecule has 0 saturated carbocycles. The summed E-state index contributed by atoms with van der Waals surface area (Å²) < 4.78 is 6.21. The van der Waals surface area contributed by atoms with Crippen molar-refractivity contribution in [1.29, 1.82) is 0 Å². The minimum atomic E-state index is 0.0591. The monoisotopic (exact) mass is 349 g/mol. The van der Waals surface area contributed by atoms with Crippen LogP contribution in [-0.2, 0) is 0 Å². The van der Waals surface area contributed by atoms with E-state index >= 15 is 0 Å². The van der Waals surface area contributed by atoms with Crippen molar-refractivity contribution >= 4 is 11.6 Å². The van der Waals surface area contributed by atoms with E-state index < -0.39 is 0 Å². The summed E-state index contributed by atoms with van der Waals surface area (Å²) in [6, 6.07) is 29.1. The molecular formula is C22H20ClNO. The summed E-state index contributed by atoms with van der Waals surface area (Å²) in [5.74, 6) is 0.821. The minimum absolute atomic E-state index is 0.0591. The van der Waals surface area contributed by atoms with Gasteiger partial charge in [0.2, 0.25) is 0 Å². The van der Waals surface area contributed by atoms with E-state index in [0.29, 0.717) is 5.02 Å². The molecule has 1 atom stereocenters. The zero-order chi connectivity index (χ0) is 17.1. The van der Waals surface area contributed by atoms with Crippen LogP contribution in [0.4, 0.5) is 0 Å². The minimum Gasteiger partial charge on any atom is -0.475 e. The number of hydrogen-bond acceptors (Lipinski definition) is 2. The van der Waals surface area contributed by atoms with E-state index in [-0.39, 0.29) is 12.3 Å². The zero-order valence-corrected chi connectivity index (χ0v) is 14.6. The van der Waals surface area contributed by atoms with Crippen molar-refractivity contribution in [3.63, 3.8) is 0 Å². The summed E-state index contributed by atoms with van der Waals surface area (Å²) in [4.78, 5) is 2.41. The summed E-state index contributed by atoms with van der Waals surface area (Å²) in [5.41, 5.74) is 2.57. The van der Waals surface area contributed by atoms with Crippen molar-refractivity contribution in [1.82, 2.24) is 4.90 Å². The Morgan fingerprint density at radius 1 is 0.840 bits per heavy atom. The van der Waals surface area contributed by atoms with Crippen LogP contribution >= 0.6 is 11.6 Å². The first kappa shape index (κ1) is 16.2. The first-order chi connectivity index (χ1) is 12.3. The summed E-state index contributed by atoms with van der Waals surface area (Å²) >= 11 is 6.09. The van der Waals surface area contributed by atoms with Crippen molar-refractivity contribution in [3.8, 4) is 5.75 Å². The van der Waals surface area contributed by atoms with Crippen LogP contribution in [0, 0.1) is 0 Å². The number of hydrogen-bond donors (Lipinski definition) is 0. The molecule has 1 aliphatic rings. The van der Waals surface area contributed by atoms with Gasteiger partial charge in [-0.3, -0.25) is 4.90 Å². The van der Waals surface area contributed by atoms with Crippen LogP contribution in [0.25, 0.3) is 0 Å². The number of ether oxygens (including phenoxy) is 1. The molecule has 1 heterocycles. The van der Waals surface area contributed by atoms with E-state index in [1.54, 1.807) is 0 Å². The quantitative estimate of drug-likeness (QED) is 0.599. The number of halogens is 1. The van der Waals surface area contributed by atoms with Gasteiger partial charge in [0, 0.05) is 18.0 Å². The van der Waals surface area contributed by atoms with Gasteiger partial charge in [-0.15, -0.1) is 0 Å². The Morgan fingerprint density at radius 2 is 1.48 bits per heavy atom. The molecule has 0 amide bonds. The number of likely N-dealkylation sites (tertiary alicyclic amines) is 1. The van der Waals surface area contributed by atoms with Crippen LogP contribution in [-0.4, -0.2) is 17.7 Å². The van der Waals surface area contributed by atoms with Gasteiger partial charge in [-0.25, -0.2) is 0 Å². The van der Waals surface area contributed by atoms with E-state index in [1.165, 1.54) is 11.1 Å². The highest BCUT2D eigenvalue weighted by molar-refractivity contribution is 6.30. The highest BCUT2D eigenvalue weighted by Gasteiger charge is 2.37. The molecule has 0 spiro atoms. The lowest BCUT2D eigenvalue weighted by atomic mass is 9.94. The lowest BCUT2D eigenvalue weighted by molar-refractivity contribution is -0.0740. The summed E-state index contributed by atoms with van der Waals surface area (Å²) in [7, 11) is 0. The van der Waals surface area contributed by atoms with Gasteiger partial charge in [0.1, 0.15) is 5.75 Å². The van der Waals surface area contributed by atoms with Gasteiger partial charge in [-0.1, -0.05) is 78.3 Å². The molecule has 126 valence electrons. The predicted octanol–water partition coefficient (Wildman–Crippen LogP) is 5.54. The van der Waals surface area contributed by atoms with Gasteiger partial charge in [0.15, 0.2) is 6.23 Å².